The SMILES string of the molecule is COc1ccc(CNC(=O)c2ccoc2CN2c3ccccc3CC2C)cc1. The number of para-hydroxylation sites is 1. The number of amides is 1. The predicted octanol–water partition coefficient (Wildman–Crippen LogP) is 4.17. The highest BCUT2D eigenvalue weighted by Crippen LogP contribution is 2.33. The van der Waals surface area contributed by atoms with Gasteiger partial charge in [0.15, 0.2) is 0 Å². The summed E-state index contributed by atoms with van der Waals surface area (Å²) in [5.74, 6) is 1.36. The lowest BCUT2D eigenvalue weighted by Gasteiger charge is -2.24. The van der Waals surface area contributed by atoms with Crippen LogP contribution in [0.4, 0.5) is 5.69 Å². The molecule has 1 aliphatic rings. The summed E-state index contributed by atoms with van der Waals surface area (Å²) in [6, 6.07) is 18.2. The van der Waals surface area contributed by atoms with Gasteiger partial charge < -0.3 is 19.4 Å². The van der Waals surface area contributed by atoms with Gasteiger partial charge in [0.2, 0.25) is 0 Å². The van der Waals surface area contributed by atoms with Gasteiger partial charge in [-0.3, -0.25) is 4.79 Å². The monoisotopic (exact) mass is 376 g/mol. The van der Waals surface area contributed by atoms with Crippen LogP contribution in [0.2, 0.25) is 0 Å². The van der Waals surface area contributed by atoms with Gasteiger partial charge in [-0.1, -0.05) is 30.3 Å². The Morgan fingerprint density at radius 1 is 1.18 bits per heavy atom. The Balaban J connectivity index is 1.44. The number of hydrogen-bond acceptors (Lipinski definition) is 4. The van der Waals surface area contributed by atoms with Gasteiger partial charge in [-0.05, 0) is 48.7 Å². The van der Waals surface area contributed by atoms with Gasteiger partial charge in [-0.15, -0.1) is 0 Å². The van der Waals surface area contributed by atoms with Crippen molar-refractivity contribution in [2.75, 3.05) is 12.0 Å². The van der Waals surface area contributed by atoms with Crippen molar-refractivity contribution in [3.8, 4) is 5.75 Å². The van der Waals surface area contributed by atoms with E-state index in [4.69, 9.17) is 9.15 Å². The third-order valence-corrected chi connectivity index (χ3v) is 5.26. The number of nitrogens with zero attached hydrogens (tertiary/aromatic N) is 1. The highest BCUT2D eigenvalue weighted by atomic mass is 16.5. The fourth-order valence-corrected chi connectivity index (χ4v) is 3.71. The summed E-state index contributed by atoms with van der Waals surface area (Å²) >= 11 is 0. The molecular weight excluding hydrogens is 352 g/mol. The average molecular weight is 376 g/mol. The van der Waals surface area contributed by atoms with Crippen LogP contribution in [0.1, 0.15) is 34.2 Å². The molecule has 1 aliphatic heterocycles. The Kier molecular flexibility index (Phi) is 5.06. The molecule has 1 N–H and O–H groups in total. The molecule has 28 heavy (non-hydrogen) atoms. The van der Waals surface area contributed by atoms with E-state index >= 15 is 0 Å². The van der Waals surface area contributed by atoms with Crippen LogP contribution in [-0.2, 0) is 19.5 Å². The average Bonchev–Trinajstić information content (AvgIpc) is 3.31. The van der Waals surface area contributed by atoms with E-state index in [-0.39, 0.29) is 5.91 Å². The van der Waals surface area contributed by atoms with Crippen LogP contribution in [0, 0.1) is 0 Å². The van der Waals surface area contributed by atoms with Crippen molar-refractivity contribution in [3.63, 3.8) is 0 Å². The molecule has 0 spiro atoms. The molecule has 2 aromatic carbocycles. The molecule has 0 aliphatic carbocycles. The van der Waals surface area contributed by atoms with Crippen LogP contribution in [0.25, 0.3) is 0 Å². The minimum Gasteiger partial charge on any atom is -0.497 e. The molecular formula is C23H24N2O3. The standard InChI is InChI=1S/C23H24N2O3/c1-16-13-18-5-3-4-6-21(18)25(16)15-22-20(11-12-28-22)23(26)24-14-17-7-9-19(27-2)10-8-17/h3-12,16H,13-15H2,1-2H3,(H,24,26). The Bertz CT molecular complexity index is 962. The number of carbonyl (C=O) groups is 1. The van der Waals surface area contributed by atoms with Crippen molar-refractivity contribution in [1.82, 2.24) is 5.32 Å². The van der Waals surface area contributed by atoms with E-state index in [2.05, 4.69) is 41.4 Å². The molecule has 5 nitrogen and oxygen atoms in total. The van der Waals surface area contributed by atoms with Gasteiger partial charge in [-0.25, -0.2) is 0 Å². The van der Waals surface area contributed by atoms with E-state index in [0.29, 0.717) is 30.5 Å². The highest BCUT2D eigenvalue weighted by Gasteiger charge is 2.27. The fourth-order valence-electron chi connectivity index (χ4n) is 3.71. The Morgan fingerprint density at radius 2 is 1.96 bits per heavy atom. The normalized spacial score (nSPS) is 15.4. The van der Waals surface area contributed by atoms with Crippen LogP contribution in [0.15, 0.2) is 65.3 Å². The minimum absolute atomic E-state index is 0.125. The van der Waals surface area contributed by atoms with E-state index in [1.165, 1.54) is 11.3 Å². The maximum Gasteiger partial charge on any atom is 0.255 e. The fraction of sp³-hybridized carbons (Fsp3) is 0.261. The first kappa shape index (κ1) is 18.2. The van der Waals surface area contributed by atoms with Crippen molar-refractivity contribution in [3.05, 3.63) is 83.3 Å². The van der Waals surface area contributed by atoms with Crippen LogP contribution in [0.3, 0.4) is 0 Å². The molecule has 0 saturated carbocycles. The van der Waals surface area contributed by atoms with E-state index in [9.17, 15) is 4.79 Å². The van der Waals surface area contributed by atoms with E-state index in [0.717, 1.165) is 17.7 Å². The largest absolute Gasteiger partial charge is 0.497 e. The molecule has 1 aromatic heterocycles. The van der Waals surface area contributed by atoms with E-state index in [1.807, 2.05) is 24.3 Å². The molecule has 1 amide bonds. The number of rotatable bonds is 6. The summed E-state index contributed by atoms with van der Waals surface area (Å²) in [6.07, 6.45) is 2.60. The van der Waals surface area contributed by atoms with Crippen molar-refractivity contribution >= 4 is 11.6 Å². The molecule has 1 unspecified atom stereocenters. The first-order chi connectivity index (χ1) is 13.7. The molecule has 5 heteroatoms. The molecule has 2 heterocycles. The number of fused-ring (bicyclic) bond motifs is 1. The molecule has 144 valence electrons. The summed E-state index contributed by atoms with van der Waals surface area (Å²) in [5.41, 5.74) is 4.16. The molecule has 0 fully saturated rings. The van der Waals surface area contributed by atoms with Crippen molar-refractivity contribution in [2.24, 2.45) is 0 Å². The van der Waals surface area contributed by atoms with Crippen LogP contribution < -0.4 is 15.0 Å². The third-order valence-electron chi connectivity index (χ3n) is 5.26. The Morgan fingerprint density at radius 3 is 2.75 bits per heavy atom. The van der Waals surface area contributed by atoms with Gasteiger partial charge in [0.1, 0.15) is 11.5 Å². The maximum absolute atomic E-state index is 12.7. The van der Waals surface area contributed by atoms with Crippen LogP contribution >= 0.6 is 0 Å². The number of ether oxygens (including phenoxy) is 1. The smallest absolute Gasteiger partial charge is 0.255 e. The summed E-state index contributed by atoms with van der Waals surface area (Å²) < 4.78 is 10.8. The molecule has 3 aromatic rings. The molecule has 1 atom stereocenters. The summed E-state index contributed by atoms with van der Waals surface area (Å²) in [4.78, 5) is 15.0. The van der Waals surface area contributed by atoms with Crippen LogP contribution in [-0.4, -0.2) is 19.1 Å². The van der Waals surface area contributed by atoms with Gasteiger partial charge in [0.25, 0.3) is 5.91 Å². The number of hydrogen-bond donors (Lipinski definition) is 1. The first-order valence-electron chi connectivity index (χ1n) is 9.47. The highest BCUT2D eigenvalue weighted by molar-refractivity contribution is 5.95. The van der Waals surface area contributed by atoms with Gasteiger partial charge >= 0.3 is 0 Å². The second kappa shape index (κ2) is 7.80. The van der Waals surface area contributed by atoms with Crippen molar-refractivity contribution < 1.29 is 13.9 Å². The van der Waals surface area contributed by atoms with Crippen molar-refractivity contribution in [1.29, 1.82) is 0 Å². The van der Waals surface area contributed by atoms with Crippen molar-refractivity contribution in [2.45, 2.75) is 32.5 Å². The molecule has 0 saturated heterocycles. The summed E-state index contributed by atoms with van der Waals surface area (Å²) in [6.45, 7) is 3.24. The second-order valence-corrected chi connectivity index (χ2v) is 7.10. The number of furan rings is 1. The van der Waals surface area contributed by atoms with Crippen LogP contribution in [0.5, 0.6) is 5.75 Å². The molecule has 0 bridgehead atoms. The lowest BCUT2D eigenvalue weighted by atomic mass is 10.1. The van der Waals surface area contributed by atoms with Gasteiger partial charge in [0, 0.05) is 18.3 Å². The first-order valence-corrected chi connectivity index (χ1v) is 9.47. The predicted molar refractivity (Wildman–Crippen MR) is 109 cm³/mol. The number of carbonyl (C=O) groups excluding carboxylic acids is 1. The van der Waals surface area contributed by atoms with E-state index in [1.54, 1.807) is 19.4 Å². The second-order valence-electron chi connectivity index (χ2n) is 7.10. The molecule has 4 rings (SSSR count). The Labute approximate surface area is 164 Å². The zero-order valence-corrected chi connectivity index (χ0v) is 16.1. The topological polar surface area (TPSA) is 54.7 Å². The number of nitrogens with one attached hydrogen (secondary N) is 1. The molecule has 0 radical (unpaired) electrons. The summed E-state index contributed by atoms with van der Waals surface area (Å²) in [5, 5.41) is 2.98. The maximum atomic E-state index is 12.7. The quantitative estimate of drug-likeness (QED) is 0.702. The number of benzene rings is 2. The number of methoxy groups -OCH3 is 1. The Hall–Kier alpha value is -3.21. The van der Waals surface area contributed by atoms with E-state index < -0.39 is 0 Å². The minimum atomic E-state index is -0.125. The third kappa shape index (κ3) is 3.60. The zero-order valence-electron chi connectivity index (χ0n) is 16.1. The number of anilines is 1. The van der Waals surface area contributed by atoms with Gasteiger partial charge in [0.05, 0.1) is 25.5 Å². The zero-order chi connectivity index (χ0) is 19.5. The van der Waals surface area contributed by atoms with Gasteiger partial charge in [-0.2, -0.15) is 0 Å². The summed E-state index contributed by atoms with van der Waals surface area (Å²) in [7, 11) is 1.64. The lowest BCUT2D eigenvalue weighted by molar-refractivity contribution is 0.0949. The lowest BCUT2D eigenvalue weighted by Crippen LogP contribution is -2.30.